The molecule has 4 aromatic rings. The van der Waals surface area contributed by atoms with Gasteiger partial charge in [-0.15, -0.1) is 0 Å². The molecule has 0 bridgehead atoms. The molecular weight excluding hydrogens is 701 g/mol. The maximum absolute atomic E-state index is 6.25. The predicted octanol–water partition coefficient (Wildman–Crippen LogP) is 16.8. The third kappa shape index (κ3) is 13.2. The number of hydrogen-bond donors (Lipinski definition) is 2. The van der Waals surface area contributed by atoms with Crippen LogP contribution in [-0.2, 0) is 5.41 Å². The Morgan fingerprint density at radius 1 is 0.431 bits per heavy atom. The maximum atomic E-state index is 6.25. The van der Waals surface area contributed by atoms with Crippen molar-refractivity contribution in [1.29, 1.82) is 0 Å². The van der Waals surface area contributed by atoms with Gasteiger partial charge in [-0.25, -0.2) is 0 Å². The number of unbranched alkanes of at least 4 members (excludes halogenated alkanes) is 16. The van der Waals surface area contributed by atoms with E-state index in [9.17, 15) is 0 Å². The summed E-state index contributed by atoms with van der Waals surface area (Å²) in [4.78, 5) is 0. The zero-order valence-electron chi connectivity index (χ0n) is 37.6. The molecule has 58 heavy (non-hydrogen) atoms. The molecule has 1 saturated carbocycles. The summed E-state index contributed by atoms with van der Waals surface area (Å²) in [7, 11) is 0. The van der Waals surface area contributed by atoms with Gasteiger partial charge in [0.1, 0.15) is 0 Å². The third-order valence-corrected chi connectivity index (χ3v) is 14.0. The minimum Gasteiger partial charge on any atom is -0.399 e. The fourth-order valence-electron chi connectivity index (χ4n) is 10.5. The highest BCUT2D eigenvalue weighted by Crippen LogP contribution is 2.46. The Balaban J connectivity index is 1.32. The summed E-state index contributed by atoms with van der Waals surface area (Å²) >= 11 is 0. The van der Waals surface area contributed by atoms with Gasteiger partial charge in [0.25, 0.3) is 0 Å². The van der Waals surface area contributed by atoms with Gasteiger partial charge in [-0.3, -0.25) is 0 Å². The van der Waals surface area contributed by atoms with Gasteiger partial charge in [0.05, 0.1) is 0 Å². The van der Waals surface area contributed by atoms with E-state index in [2.05, 4.69) is 113 Å². The molecule has 0 heterocycles. The molecule has 1 aliphatic carbocycles. The normalized spacial score (nSPS) is 15.0. The minimum atomic E-state index is 0.0722. The van der Waals surface area contributed by atoms with Crippen molar-refractivity contribution in [2.75, 3.05) is 11.5 Å². The van der Waals surface area contributed by atoms with Crippen LogP contribution in [0.2, 0.25) is 0 Å². The average molecular weight is 783 g/mol. The quantitative estimate of drug-likeness (QED) is 0.0492. The van der Waals surface area contributed by atoms with Gasteiger partial charge in [0.2, 0.25) is 0 Å². The lowest BCUT2D eigenvalue weighted by molar-refractivity contribution is 0.346. The van der Waals surface area contributed by atoms with Crippen LogP contribution < -0.4 is 11.5 Å². The second-order valence-electron chi connectivity index (χ2n) is 18.5. The second kappa shape index (κ2) is 24.5. The van der Waals surface area contributed by atoms with Gasteiger partial charge >= 0.3 is 0 Å². The molecule has 4 aromatic carbocycles. The first kappa shape index (κ1) is 45.6. The fourth-order valence-corrected chi connectivity index (χ4v) is 10.5. The molecule has 0 saturated heterocycles. The average Bonchev–Trinajstić information content (AvgIpc) is 3.23. The van der Waals surface area contributed by atoms with Crippen LogP contribution in [0.5, 0.6) is 0 Å². The number of nitrogen functional groups attached to an aromatic ring is 2. The van der Waals surface area contributed by atoms with Crippen LogP contribution >= 0.6 is 0 Å². The summed E-state index contributed by atoms with van der Waals surface area (Å²) in [5.41, 5.74) is 25.7. The van der Waals surface area contributed by atoms with Crippen molar-refractivity contribution in [3.8, 4) is 0 Å². The van der Waals surface area contributed by atoms with E-state index >= 15 is 0 Å². The molecule has 0 spiro atoms. The van der Waals surface area contributed by atoms with Crippen LogP contribution in [0, 0.1) is 13.8 Å². The predicted molar refractivity (Wildman–Crippen MR) is 255 cm³/mol. The molecule has 0 aromatic heterocycles. The highest BCUT2D eigenvalue weighted by atomic mass is 14.5. The Morgan fingerprint density at radius 3 is 1.12 bits per heavy atom. The summed E-state index contributed by atoms with van der Waals surface area (Å²) < 4.78 is 0. The Morgan fingerprint density at radius 2 is 0.776 bits per heavy atom. The number of benzene rings is 4. The van der Waals surface area contributed by atoms with E-state index in [1.807, 2.05) is 0 Å². The molecule has 316 valence electrons. The van der Waals surface area contributed by atoms with Crippen molar-refractivity contribution in [1.82, 2.24) is 0 Å². The lowest BCUT2D eigenvalue weighted by Crippen LogP contribution is -2.30. The topological polar surface area (TPSA) is 52.0 Å². The molecule has 1 aliphatic rings. The second-order valence-corrected chi connectivity index (χ2v) is 18.5. The maximum Gasteiger partial charge on any atom is 0.0316 e. The lowest BCUT2D eigenvalue weighted by Gasteiger charge is -2.39. The van der Waals surface area contributed by atoms with Gasteiger partial charge in [0, 0.05) is 28.6 Å². The molecule has 0 aliphatic heterocycles. The van der Waals surface area contributed by atoms with Crippen molar-refractivity contribution in [2.45, 2.75) is 205 Å². The van der Waals surface area contributed by atoms with Gasteiger partial charge in [-0.1, -0.05) is 209 Å². The number of hydrogen-bond acceptors (Lipinski definition) is 2. The smallest absolute Gasteiger partial charge is 0.0316 e. The number of nitrogens with two attached hydrogens (primary N) is 2. The van der Waals surface area contributed by atoms with Crippen molar-refractivity contribution in [3.05, 3.63) is 129 Å². The third-order valence-electron chi connectivity index (χ3n) is 14.0. The van der Waals surface area contributed by atoms with Gasteiger partial charge in [-0.2, -0.15) is 0 Å². The van der Waals surface area contributed by atoms with Gasteiger partial charge < -0.3 is 11.5 Å². The van der Waals surface area contributed by atoms with Crippen molar-refractivity contribution >= 4 is 11.4 Å². The number of anilines is 2. The molecule has 5 rings (SSSR count). The van der Waals surface area contributed by atoms with E-state index in [0.29, 0.717) is 11.8 Å². The SMILES string of the molecule is CCCCCCCCCCCC(c1ccc(C2(c3ccc(C(CCCCCCCCCCC)c4ccc(N)cc4C)cc3)CCCCC2)cc1)c1ccc(N)cc1C. The Bertz CT molecular complexity index is 1600. The molecule has 2 heteroatoms. The number of aryl methyl sites for hydroxylation is 2. The summed E-state index contributed by atoms with van der Waals surface area (Å²) in [6.45, 7) is 9.11. The van der Waals surface area contributed by atoms with Crippen LogP contribution in [0.3, 0.4) is 0 Å². The summed E-state index contributed by atoms with van der Waals surface area (Å²) in [5, 5.41) is 0. The van der Waals surface area contributed by atoms with E-state index < -0.39 is 0 Å². The summed E-state index contributed by atoms with van der Waals surface area (Å²) in [6, 6.07) is 33.1. The first-order valence-electron chi connectivity index (χ1n) is 24.3. The van der Waals surface area contributed by atoms with Crippen molar-refractivity contribution < 1.29 is 0 Å². The first-order chi connectivity index (χ1) is 28.4. The Kier molecular flexibility index (Phi) is 19.3. The fraction of sp³-hybridized carbons (Fsp3) is 0.571. The van der Waals surface area contributed by atoms with Crippen LogP contribution in [0.1, 0.15) is 231 Å². The zero-order valence-corrected chi connectivity index (χ0v) is 37.6. The molecule has 2 atom stereocenters. The number of rotatable bonds is 26. The highest BCUT2D eigenvalue weighted by Gasteiger charge is 2.36. The van der Waals surface area contributed by atoms with Crippen LogP contribution in [0.25, 0.3) is 0 Å². The largest absolute Gasteiger partial charge is 0.399 e. The first-order valence-corrected chi connectivity index (χ1v) is 24.3. The Hall–Kier alpha value is -3.52. The summed E-state index contributed by atoms with van der Waals surface area (Å²) in [5.74, 6) is 0.806. The van der Waals surface area contributed by atoms with Crippen molar-refractivity contribution in [3.63, 3.8) is 0 Å². The Labute approximate surface area is 356 Å². The van der Waals surface area contributed by atoms with Gasteiger partial charge in [0.15, 0.2) is 0 Å². The zero-order chi connectivity index (χ0) is 41.0. The van der Waals surface area contributed by atoms with E-state index in [4.69, 9.17) is 11.5 Å². The molecule has 4 N–H and O–H groups in total. The van der Waals surface area contributed by atoms with E-state index in [1.54, 1.807) is 0 Å². The molecule has 2 nitrogen and oxygen atoms in total. The monoisotopic (exact) mass is 783 g/mol. The summed E-state index contributed by atoms with van der Waals surface area (Å²) in [6.07, 6.45) is 33.3. The van der Waals surface area contributed by atoms with Crippen LogP contribution in [0.4, 0.5) is 11.4 Å². The standard InChI is InChI=1S/C56H82N2/c1-5-7-9-11-13-15-17-19-22-26-54(52-38-36-50(57)42-44(52)3)46-28-32-48(33-29-46)56(40-24-21-25-41-56)49-34-30-47(31-35-49)55(53-39-37-51(58)43-45(53)4)27-23-20-18-16-14-12-10-8-6-2/h28-39,42-43,54-55H,5-27,40-41,57-58H2,1-4H3. The molecule has 1 fully saturated rings. The molecule has 0 amide bonds. The minimum absolute atomic E-state index is 0.0722. The molecule has 0 radical (unpaired) electrons. The molecule has 2 unspecified atom stereocenters. The van der Waals surface area contributed by atoms with Crippen LogP contribution in [-0.4, -0.2) is 0 Å². The molecular formula is C56H82N2. The van der Waals surface area contributed by atoms with E-state index in [0.717, 1.165) is 11.4 Å². The van der Waals surface area contributed by atoms with E-state index in [-0.39, 0.29) is 5.41 Å². The van der Waals surface area contributed by atoms with Crippen molar-refractivity contribution in [2.24, 2.45) is 0 Å². The van der Waals surface area contributed by atoms with Crippen LogP contribution in [0.15, 0.2) is 84.9 Å². The van der Waals surface area contributed by atoms with Gasteiger partial charge in [-0.05, 0) is 108 Å². The van der Waals surface area contributed by atoms with E-state index in [1.165, 1.54) is 205 Å². The highest BCUT2D eigenvalue weighted by molar-refractivity contribution is 5.51. The lowest BCUT2D eigenvalue weighted by atomic mass is 9.65.